The Bertz CT molecular complexity index is 721. The summed E-state index contributed by atoms with van der Waals surface area (Å²) >= 11 is 7.43. The Kier molecular flexibility index (Phi) is 6.10. The SMILES string of the molecule is CNCCC1CCN(C(=O)c2sc(-c3ccc(Cl)cc3)nc2C)CC1. The molecule has 2 heterocycles. The van der Waals surface area contributed by atoms with Crippen LogP contribution in [0.15, 0.2) is 24.3 Å². The lowest BCUT2D eigenvalue weighted by Gasteiger charge is -2.31. The zero-order chi connectivity index (χ0) is 17.8. The van der Waals surface area contributed by atoms with Gasteiger partial charge in [0.05, 0.1) is 5.69 Å². The van der Waals surface area contributed by atoms with E-state index in [0.29, 0.717) is 5.02 Å². The van der Waals surface area contributed by atoms with Crippen LogP contribution in [0.2, 0.25) is 5.02 Å². The third kappa shape index (κ3) is 4.40. The summed E-state index contributed by atoms with van der Waals surface area (Å²) < 4.78 is 0. The number of hydrogen-bond donors (Lipinski definition) is 1. The Morgan fingerprint density at radius 1 is 1.32 bits per heavy atom. The van der Waals surface area contributed by atoms with Gasteiger partial charge in [-0.1, -0.05) is 23.7 Å². The predicted molar refractivity (Wildman–Crippen MR) is 104 cm³/mol. The normalized spacial score (nSPS) is 15.6. The summed E-state index contributed by atoms with van der Waals surface area (Å²) in [5, 5.41) is 4.79. The number of aryl methyl sites for hydroxylation is 1. The molecule has 134 valence electrons. The lowest BCUT2D eigenvalue weighted by Crippen LogP contribution is -2.38. The maximum absolute atomic E-state index is 12.9. The topological polar surface area (TPSA) is 45.2 Å². The number of rotatable bonds is 5. The van der Waals surface area contributed by atoms with Crippen molar-refractivity contribution in [3.63, 3.8) is 0 Å². The first-order valence-corrected chi connectivity index (χ1v) is 9.95. The van der Waals surface area contributed by atoms with Gasteiger partial charge in [0, 0.05) is 23.7 Å². The van der Waals surface area contributed by atoms with Crippen molar-refractivity contribution in [1.82, 2.24) is 15.2 Å². The number of halogens is 1. The van der Waals surface area contributed by atoms with Crippen LogP contribution in [0.5, 0.6) is 0 Å². The highest BCUT2D eigenvalue weighted by atomic mass is 35.5. The molecule has 1 aliphatic heterocycles. The number of benzene rings is 1. The van der Waals surface area contributed by atoms with E-state index in [4.69, 9.17) is 11.6 Å². The number of aromatic nitrogens is 1. The molecule has 0 unspecified atom stereocenters. The molecule has 25 heavy (non-hydrogen) atoms. The van der Waals surface area contributed by atoms with Crippen molar-refractivity contribution in [1.29, 1.82) is 0 Å². The molecule has 0 saturated carbocycles. The maximum atomic E-state index is 12.9. The van der Waals surface area contributed by atoms with Crippen molar-refractivity contribution in [3.05, 3.63) is 39.9 Å². The Hall–Kier alpha value is -1.43. The fraction of sp³-hybridized carbons (Fsp3) is 0.474. The second-order valence-corrected chi connectivity index (χ2v) is 8.00. The second kappa shape index (κ2) is 8.30. The molecule has 3 rings (SSSR count). The van der Waals surface area contributed by atoms with Crippen molar-refractivity contribution < 1.29 is 4.79 Å². The fourth-order valence-corrected chi connectivity index (χ4v) is 4.39. The smallest absolute Gasteiger partial charge is 0.265 e. The highest BCUT2D eigenvalue weighted by Gasteiger charge is 2.26. The number of likely N-dealkylation sites (tertiary alicyclic amines) is 1. The number of carbonyl (C=O) groups is 1. The van der Waals surface area contributed by atoms with Gasteiger partial charge in [0.1, 0.15) is 9.88 Å². The summed E-state index contributed by atoms with van der Waals surface area (Å²) in [5.74, 6) is 0.853. The van der Waals surface area contributed by atoms with Gasteiger partial charge in [-0.3, -0.25) is 4.79 Å². The minimum atomic E-state index is 0.127. The van der Waals surface area contributed by atoms with E-state index in [1.807, 2.05) is 43.1 Å². The Labute approximate surface area is 158 Å². The minimum Gasteiger partial charge on any atom is -0.338 e. The number of piperidine rings is 1. The van der Waals surface area contributed by atoms with Gasteiger partial charge in [0.2, 0.25) is 0 Å². The van der Waals surface area contributed by atoms with Crippen molar-refractivity contribution >= 4 is 28.8 Å². The molecule has 0 spiro atoms. The van der Waals surface area contributed by atoms with Gasteiger partial charge in [-0.15, -0.1) is 11.3 Å². The van der Waals surface area contributed by atoms with E-state index in [2.05, 4.69) is 10.3 Å². The highest BCUT2D eigenvalue weighted by Crippen LogP contribution is 2.30. The molecular weight excluding hydrogens is 354 g/mol. The summed E-state index contributed by atoms with van der Waals surface area (Å²) in [4.78, 5) is 20.3. The number of thiazole rings is 1. The van der Waals surface area contributed by atoms with Crippen molar-refractivity contribution in [2.75, 3.05) is 26.7 Å². The standard InChI is InChI=1S/C19H24ClN3OS/c1-13-17(25-18(22-13)15-3-5-16(20)6-4-15)19(24)23-11-8-14(9-12-23)7-10-21-2/h3-6,14,21H,7-12H2,1-2H3. The van der Waals surface area contributed by atoms with Crippen molar-refractivity contribution in [2.24, 2.45) is 5.92 Å². The monoisotopic (exact) mass is 377 g/mol. The van der Waals surface area contributed by atoms with Gasteiger partial charge in [-0.2, -0.15) is 0 Å². The van der Waals surface area contributed by atoms with Crippen LogP contribution in [-0.4, -0.2) is 42.5 Å². The maximum Gasteiger partial charge on any atom is 0.265 e. The molecular formula is C19H24ClN3OS. The second-order valence-electron chi connectivity index (χ2n) is 6.57. The molecule has 1 aliphatic rings. The third-order valence-electron chi connectivity index (χ3n) is 4.79. The summed E-state index contributed by atoms with van der Waals surface area (Å²) in [7, 11) is 1.99. The summed E-state index contributed by atoms with van der Waals surface area (Å²) in [5.41, 5.74) is 1.82. The van der Waals surface area contributed by atoms with Crippen LogP contribution in [0, 0.1) is 12.8 Å². The van der Waals surface area contributed by atoms with Crippen LogP contribution < -0.4 is 5.32 Å². The highest BCUT2D eigenvalue weighted by molar-refractivity contribution is 7.17. The van der Waals surface area contributed by atoms with Crippen LogP contribution in [0.3, 0.4) is 0 Å². The van der Waals surface area contributed by atoms with Crippen LogP contribution in [0.1, 0.15) is 34.6 Å². The van der Waals surface area contributed by atoms with E-state index in [1.165, 1.54) is 17.8 Å². The van der Waals surface area contributed by atoms with Gasteiger partial charge in [-0.25, -0.2) is 4.98 Å². The first-order chi connectivity index (χ1) is 12.1. The quantitative estimate of drug-likeness (QED) is 0.847. The van der Waals surface area contributed by atoms with Crippen molar-refractivity contribution in [2.45, 2.75) is 26.2 Å². The Morgan fingerprint density at radius 2 is 2.00 bits per heavy atom. The molecule has 1 aromatic carbocycles. The van der Waals surface area contributed by atoms with E-state index < -0.39 is 0 Å². The van der Waals surface area contributed by atoms with Gasteiger partial charge in [0.15, 0.2) is 0 Å². The molecule has 0 bridgehead atoms. The molecule has 0 radical (unpaired) electrons. The third-order valence-corrected chi connectivity index (χ3v) is 6.23. The zero-order valence-electron chi connectivity index (χ0n) is 14.7. The van der Waals surface area contributed by atoms with E-state index in [1.54, 1.807) is 0 Å². The number of amides is 1. The molecule has 1 aromatic heterocycles. The molecule has 0 aliphatic carbocycles. The van der Waals surface area contributed by atoms with Crippen LogP contribution in [-0.2, 0) is 0 Å². The molecule has 1 N–H and O–H groups in total. The van der Waals surface area contributed by atoms with Gasteiger partial charge >= 0.3 is 0 Å². The molecule has 2 aromatic rings. The van der Waals surface area contributed by atoms with Gasteiger partial charge in [-0.05, 0) is 57.8 Å². The van der Waals surface area contributed by atoms with E-state index >= 15 is 0 Å². The molecule has 4 nitrogen and oxygen atoms in total. The predicted octanol–water partition coefficient (Wildman–Crippen LogP) is 4.23. The van der Waals surface area contributed by atoms with E-state index in [-0.39, 0.29) is 5.91 Å². The summed E-state index contributed by atoms with van der Waals surface area (Å²) in [6.45, 7) is 4.67. The summed E-state index contributed by atoms with van der Waals surface area (Å²) in [6, 6.07) is 7.60. The number of nitrogens with zero attached hydrogens (tertiary/aromatic N) is 2. The zero-order valence-corrected chi connectivity index (χ0v) is 16.3. The molecule has 0 atom stereocenters. The Morgan fingerprint density at radius 3 is 2.64 bits per heavy atom. The number of carbonyl (C=O) groups excluding carboxylic acids is 1. The van der Waals surface area contributed by atoms with Crippen molar-refractivity contribution in [3.8, 4) is 10.6 Å². The van der Waals surface area contributed by atoms with Crippen LogP contribution in [0.4, 0.5) is 0 Å². The lowest BCUT2D eigenvalue weighted by atomic mass is 9.93. The molecule has 1 saturated heterocycles. The molecule has 1 fully saturated rings. The first-order valence-electron chi connectivity index (χ1n) is 8.75. The Balaban J connectivity index is 1.68. The molecule has 1 amide bonds. The largest absolute Gasteiger partial charge is 0.338 e. The average Bonchev–Trinajstić information content (AvgIpc) is 3.02. The molecule has 6 heteroatoms. The number of nitrogens with one attached hydrogen (secondary N) is 1. The van der Waals surface area contributed by atoms with Crippen LogP contribution >= 0.6 is 22.9 Å². The average molecular weight is 378 g/mol. The summed E-state index contributed by atoms with van der Waals surface area (Å²) in [6.07, 6.45) is 3.38. The van der Waals surface area contributed by atoms with E-state index in [9.17, 15) is 4.79 Å². The van der Waals surface area contributed by atoms with E-state index in [0.717, 1.165) is 59.5 Å². The van der Waals surface area contributed by atoms with Gasteiger partial charge < -0.3 is 10.2 Å². The number of hydrogen-bond acceptors (Lipinski definition) is 4. The fourth-order valence-electron chi connectivity index (χ4n) is 3.23. The van der Waals surface area contributed by atoms with Gasteiger partial charge in [0.25, 0.3) is 5.91 Å². The van der Waals surface area contributed by atoms with Crippen LogP contribution in [0.25, 0.3) is 10.6 Å². The first kappa shape index (κ1) is 18.4. The minimum absolute atomic E-state index is 0.127. The lowest BCUT2D eigenvalue weighted by molar-refractivity contribution is 0.0691.